The lowest BCUT2D eigenvalue weighted by atomic mass is 10.1. The van der Waals surface area contributed by atoms with E-state index in [-0.39, 0.29) is 0 Å². The van der Waals surface area contributed by atoms with Crippen molar-refractivity contribution in [2.45, 2.75) is 33.2 Å². The average Bonchev–Trinajstić information content (AvgIpc) is 3.24. The zero-order valence-electron chi connectivity index (χ0n) is 14.8. The maximum Gasteiger partial charge on any atom is 0.242 e. The average molecular weight is 334 g/mol. The van der Waals surface area contributed by atoms with Crippen molar-refractivity contribution in [1.29, 1.82) is 0 Å². The van der Waals surface area contributed by atoms with E-state index in [1.54, 1.807) is 0 Å². The molecule has 1 N–H and O–H groups in total. The molecule has 4 rings (SSSR count). The first-order valence-electron chi connectivity index (χ1n) is 8.62. The molecule has 128 valence electrons. The van der Waals surface area contributed by atoms with Crippen LogP contribution in [0, 0.1) is 6.92 Å². The van der Waals surface area contributed by atoms with E-state index in [0.717, 1.165) is 29.8 Å². The highest BCUT2D eigenvalue weighted by molar-refractivity contribution is 5.64. The van der Waals surface area contributed by atoms with Gasteiger partial charge in [-0.2, -0.15) is 5.10 Å². The number of nitrogens with one attached hydrogen (secondary N) is 1. The Kier molecular flexibility index (Phi) is 3.87. The third-order valence-corrected chi connectivity index (χ3v) is 4.50. The molecule has 0 aliphatic carbocycles. The van der Waals surface area contributed by atoms with Crippen molar-refractivity contribution in [3.8, 4) is 11.3 Å². The molecule has 0 bridgehead atoms. The standard InChI is InChI=1S/C19H22N6/c1-13(2)25-12-16(11-21-25)18-14(3)10-20-19(22-18)23-24-9-8-15-6-4-5-7-17(15)24/h4-7,10-13H,8-9H2,1-3H3,(H,20,22,23). The quantitative estimate of drug-likeness (QED) is 0.790. The van der Waals surface area contributed by atoms with E-state index in [0.29, 0.717) is 12.0 Å². The van der Waals surface area contributed by atoms with Crippen LogP contribution in [0.25, 0.3) is 11.3 Å². The first-order chi connectivity index (χ1) is 12.1. The number of rotatable bonds is 4. The second-order valence-corrected chi connectivity index (χ2v) is 6.67. The Bertz CT molecular complexity index is 898. The van der Waals surface area contributed by atoms with E-state index < -0.39 is 0 Å². The first kappa shape index (κ1) is 15.6. The van der Waals surface area contributed by atoms with Crippen molar-refractivity contribution < 1.29 is 0 Å². The van der Waals surface area contributed by atoms with Crippen LogP contribution in [0.3, 0.4) is 0 Å². The fourth-order valence-corrected chi connectivity index (χ4v) is 3.11. The summed E-state index contributed by atoms with van der Waals surface area (Å²) in [5.74, 6) is 0.606. The van der Waals surface area contributed by atoms with Crippen molar-refractivity contribution in [2.24, 2.45) is 0 Å². The minimum Gasteiger partial charge on any atom is -0.285 e. The molecular weight excluding hydrogens is 312 g/mol. The van der Waals surface area contributed by atoms with Gasteiger partial charge in [0.2, 0.25) is 5.95 Å². The van der Waals surface area contributed by atoms with Crippen LogP contribution in [-0.2, 0) is 6.42 Å². The van der Waals surface area contributed by atoms with E-state index >= 15 is 0 Å². The van der Waals surface area contributed by atoms with Crippen LogP contribution < -0.4 is 10.4 Å². The van der Waals surface area contributed by atoms with E-state index in [2.05, 4.69) is 58.6 Å². The van der Waals surface area contributed by atoms with Gasteiger partial charge in [0.05, 0.1) is 17.6 Å². The summed E-state index contributed by atoms with van der Waals surface area (Å²) in [6.07, 6.45) is 6.79. The number of fused-ring (bicyclic) bond motifs is 1. The number of nitrogens with zero attached hydrogens (tertiary/aromatic N) is 5. The predicted octanol–water partition coefficient (Wildman–Crippen LogP) is 3.62. The molecule has 0 saturated carbocycles. The van der Waals surface area contributed by atoms with Gasteiger partial charge in [0.25, 0.3) is 0 Å². The predicted molar refractivity (Wildman–Crippen MR) is 99.5 cm³/mol. The zero-order chi connectivity index (χ0) is 17.4. The second-order valence-electron chi connectivity index (χ2n) is 6.67. The maximum atomic E-state index is 4.73. The van der Waals surface area contributed by atoms with E-state index in [4.69, 9.17) is 4.98 Å². The second kappa shape index (κ2) is 6.20. The van der Waals surface area contributed by atoms with Gasteiger partial charge in [0, 0.05) is 30.5 Å². The van der Waals surface area contributed by atoms with E-state index in [1.807, 2.05) is 30.2 Å². The molecule has 0 fully saturated rings. The summed E-state index contributed by atoms with van der Waals surface area (Å²) in [4.78, 5) is 9.19. The number of para-hydroxylation sites is 1. The number of hydrazine groups is 1. The molecule has 3 aromatic rings. The van der Waals surface area contributed by atoms with Gasteiger partial charge in [-0.15, -0.1) is 0 Å². The smallest absolute Gasteiger partial charge is 0.242 e. The van der Waals surface area contributed by atoms with Crippen LogP contribution in [0.4, 0.5) is 11.6 Å². The van der Waals surface area contributed by atoms with Crippen LogP contribution >= 0.6 is 0 Å². The molecule has 1 aliphatic heterocycles. The maximum absolute atomic E-state index is 4.73. The number of aryl methyl sites for hydroxylation is 1. The van der Waals surface area contributed by atoms with Crippen LogP contribution in [0.1, 0.15) is 31.0 Å². The van der Waals surface area contributed by atoms with Gasteiger partial charge < -0.3 is 0 Å². The monoisotopic (exact) mass is 334 g/mol. The van der Waals surface area contributed by atoms with Gasteiger partial charge in [-0.05, 0) is 44.4 Å². The van der Waals surface area contributed by atoms with Crippen molar-refractivity contribution >= 4 is 11.6 Å². The summed E-state index contributed by atoms with van der Waals surface area (Å²) < 4.78 is 1.95. The highest BCUT2D eigenvalue weighted by atomic mass is 15.5. The van der Waals surface area contributed by atoms with Gasteiger partial charge in [-0.25, -0.2) is 9.97 Å². The van der Waals surface area contributed by atoms with Crippen LogP contribution in [-0.4, -0.2) is 26.3 Å². The van der Waals surface area contributed by atoms with Crippen molar-refractivity contribution in [1.82, 2.24) is 19.7 Å². The van der Waals surface area contributed by atoms with Crippen molar-refractivity contribution in [2.75, 3.05) is 17.0 Å². The largest absolute Gasteiger partial charge is 0.285 e. The van der Waals surface area contributed by atoms with Gasteiger partial charge in [0.1, 0.15) is 0 Å². The van der Waals surface area contributed by atoms with Gasteiger partial charge in [-0.3, -0.25) is 15.1 Å². The number of hydrogen-bond acceptors (Lipinski definition) is 5. The number of anilines is 2. The van der Waals surface area contributed by atoms with Crippen molar-refractivity contribution in [3.05, 3.63) is 54.0 Å². The molecule has 0 atom stereocenters. The molecule has 6 heteroatoms. The highest BCUT2D eigenvalue weighted by Crippen LogP contribution is 2.28. The highest BCUT2D eigenvalue weighted by Gasteiger charge is 2.19. The lowest BCUT2D eigenvalue weighted by molar-refractivity contribution is 0.532. The molecular formula is C19H22N6. The number of hydrogen-bond donors (Lipinski definition) is 1. The summed E-state index contributed by atoms with van der Waals surface area (Å²) in [6.45, 7) is 7.16. The summed E-state index contributed by atoms with van der Waals surface area (Å²) in [5, 5.41) is 6.53. The molecule has 0 spiro atoms. The first-order valence-corrected chi connectivity index (χ1v) is 8.62. The molecule has 0 amide bonds. The molecule has 3 heterocycles. The third-order valence-electron chi connectivity index (χ3n) is 4.50. The Morgan fingerprint density at radius 3 is 2.80 bits per heavy atom. The Morgan fingerprint density at radius 2 is 2.00 bits per heavy atom. The molecule has 0 saturated heterocycles. The third kappa shape index (κ3) is 2.95. The van der Waals surface area contributed by atoms with E-state index in [1.165, 1.54) is 11.3 Å². The number of benzene rings is 1. The molecule has 25 heavy (non-hydrogen) atoms. The summed E-state index contributed by atoms with van der Waals surface area (Å²) in [5.41, 5.74) is 8.85. The molecule has 1 aliphatic rings. The Morgan fingerprint density at radius 1 is 1.16 bits per heavy atom. The Hall–Kier alpha value is -2.89. The molecule has 1 aromatic carbocycles. The minimum absolute atomic E-state index is 0.328. The van der Waals surface area contributed by atoms with Crippen LogP contribution in [0.2, 0.25) is 0 Å². The topological polar surface area (TPSA) is 58.9 Å². The van der Waals surface area contributed by atoms with Crippen molar-refractivity contribution in [3.63, 3.8) is 0 Å². The lowest BCUT2D eigenvalue weighted by Gasteiger charge is -2.20. The Balaban J connectivity index is 1.62. The van der Waals surface area contributed by atoms with E-state index in [9.17, 15) is 0 Å². The summed E-state index contributed by atoms with van der Waals surface area (Å²) in [7, 11) is 0. The van der Waals surface area contributed by atoms with Gasteiger partial charge in [0.15, 0.2) is 0 Å². The summed E-state index contributed by atoms with van der Waals surface area (Å²) >= 11 is 0. The van der Waals surface area contributed by atoms with Crippen LogP contribution in [0.15, 0.2) is 42.9 Å². The zero-order valence-corrected chi connectivity index (χ0v) is 14.8. The molecule has 6 nitrogen and oxygen atoms in total. The lowest BCUT2D eigenvalue weighted by Crippen LogP contribution is -2.28. The van der Waals surface area contributed by atoms with Gasteiger partial charge in [-0.1, -0.05) is 18.2 Å². The fraction of sp³-hybridized carbons (Fsp3) is 0.316. The fourth-order valence-electron chi connectivity index (χ4n) is 3.11. The minimum atomic E-state index is 0.328. The summed E-state index contributed by atoms with van der Waals surface area (Å²) in [6, 6.07) is 8.75. The molecule has 0 unspecified atom stereocenters. The number of aromatic nitrogens is 4. The SMILES string of the molecule is Cc1cnc(NN2CCc3ccccc32)nc1-c1cnn(C(C)C)c1. The molecule has 2 aromatic heterocycles. The normalized spacial score (nSPS) is 13.4. The van der Waals surface area contributed by atoms with Gasteiger partial charge >= 0.3 is 0 Å². The van der Waals surface area contributed by atoms with Crippen LogP contribution in [0.5, 0.6) is 0 Å². The molecule has 0 radical (unpaired) electrons. The Labute approximate surface area is 147 Å².